The van der Waals surface area contributed by atoms with Crippen LogP contribution in [-0.2, 0) is 14.4 Å². The Morgan fingerprint density at radius 1 is 1.29 bits per heavy atom. The number of carbonyl (C=O) groups excluding carboxylic acids is 2. The predicted octanol–water partition coefficient (Wildman–Crippen LogP) is 2.63. The molecule has 2 atom stereocenters. The lowest BCUT2D eigenvalue weighted by Gasteiger charge is -2.15. The molecule has 1 aliphatic rings. The van der Waals surface area contributed by atoms with Crippen LogP contribution in [0, 0.1) is 0 Å². The average molecular weight is 424 g/mol. The predicted molar refractivity (Wildman–Crippen MR) is 117 cm³/mol. The van der Waals surface area contributed by atoms with Crippen LogP contribution < -0.4 is 5.32 Å². The van der Waals surface area contributed by atoms with Crippen molar-refractivity contribution < 1.29 is 29.4 Å². The molecule has 0 saturated heterocycles. The number of ether oxygens (including phenoxy) is 1. The molecule has 8 nitrogen and oxygen atoms in total. The number of cyclic esters (lactones) is 1. The standard InChI is InChI=1S/C23H24N2O6/c1-30-25-16-6-12-21(28)24-15-5-10-19-14-13-18(26)9-3-2-7-17-8-4-11-20(27)22(17)23(29)31-19/h2-9,11-16,18-19,26-27H,10H2,1H3,(H,24,28)/b7-2+,9-3-,12-6-,14-13+,15-5+,25-16+/t18-,19+/m1/s1. The van der Waals surface area contributed by atoms with E-state index < -0.39 is 18.2 Å². The van der Waals surface area contributed by atoms with E-state index in [4.69, 9.17) is 4.74 Å². The number of oxime groups is 1. The fourth-order valence-corrected chi connectivity index (χ4v) is 2.54. The van der Waals surface area contributed by atoms with Crippen molar-refractivity contribution in [3.63, 3.8) is 0 Å². The van der Waals surface area contributed by atoms with E-state index in [0.717, 1.165) is 0 Å². The third-order valence-electron chi connectivity index (χ3n) is 3.97. The summed E-state index contributed by atoms with van der Waals surface area (Å²) >= 11 is 0. The number of nitrogens with zero attached hydrogens (tertiary/aromatic N) is 1. The molecular formula is C23H24N2O6. The van der Waals surface area contributed by atoms with E-state index in [9.17, 15) is 19.8 Å². The number of aromatic hydroxyl groups is 1. The van der Waals surface area contributed by atoms with Crippen LogP contribution in [-0.4, -0.2) is 47.6 Å². The molecule has 0 fully saturated rings. The average Bonchev–Trinajstić information content (AvgIpc) is 2.74. The Kier molecular flexibility index (Phi) is 9.51. The van der Waals surface area contributed by atoms with Crippen molar-refractivity contribution in [2.45, 2.75) is 18.6 Å². The topological polar surface area (TPSA) is 117 Å². The van der Waals surface area contributed by atoms with Crippen LogP contribution in [0.1, 0.15) is 22.3 Å². The van der Waals surface area contributed by atoms with Crippen LogP contribution in [0.15, 0.2) is 78.2 Å². The largest absolute Gasteiger partial charge is 0.507 e. The van der Waals surface area contributed by atoms with Gasteiger partial charge in [-0.05, 0) is 23.8 Å². The van der Waals surface area contributed by atoms with Gasteiger partial charge in [0.05, 0.1) is 12.3 Å². The molecule has 1 aromatic carbocycles. The summed E-state index contributed by atoms with van der Waals surface area (Å²) < 4.78 is 5.51. The number of benzene rings is 1. The smallest absolute Gasteiger partial charge is 0.343 e. The lowest BCUT2D eigenvalue weighted by Crippen LogP contribution is -2.18. The Hall–Kier alpha value is -3.91. The van der Waals surface area contributed by atoms with E-state index in [1.807, 2.05) is 0 Å². The monoisotopic (exact) mass is 424 g/mol. The molecule has 8 heteroatoms. The first-order valence-electron chi connectivity index (χ1n) is 9.44. The zero-order chi connectivity index (χ0) is 22.5. The fourth-order valence-electron chi connectivity index (χ4n) is 2.54. The van der Waals surface area contributed by atoms with Crippen molar-refractivity contribution in [3.05, 3.63) is 84.1 Å². The van der Waals surface area contributed by atoms with Crippen LogP contribution in [0.25, 0.3) is 6.08 Å². The van der Waals surface area contributed by atoms with Gasteiger partial charge in [-0.15, -0.1) is 0 Å². The number of carbonyl (C=O) groups is 2. The first kappa shape index (κ1) is 23.4. The normalized spacial score (nSPS) is 22.3. The van der Waals surface area contributed by atoms with Gasteiger partial charge in [0.25, 0.3) is 0 Å². The van der Waals surface area contributed by atoms with Gasteiger partial charge in [0.2, 0.25) is 5.91 Å². The highest BCUT2D eigenvalue weighted by Crippen LogP contribution is 2.24. The van der Waals surface area contributed by atoms with Crippen LogP contribution in [0.5, 0.6) is 5.75 Å². The Labute approximate surface area is 180 Å². The maximum absolute atomic E-state index is 12.7. The number of phenolic OH excluding ortho intramolecular Hbond substituents is 1. The molecule has 1 aromatic rings. The molecule has 2 rings (SSSR count). The highest BCUT2D eigenvalue weighted by molar-refractivity contribution is 5.96. The van der Waals surface area contributed by atoms with Crippen LogP contribution in [0.3, 0.4) is 0 Å². The van der Waals surface area contributed by atoms with E-state index in [-0.39, 0.29) is 23.6 Å². The summed E-state index contributed by atoms with van der Waals surface area (Å²) in [4.78, 5) is 28.8. The zero-order valence-electron chi connectivity index (χ0n) is 16.9. The van der Waals surface area contributed by atoms with Crippen molar-refractivity contribution in [3.8, 4) is 5.75 Å². The number of esters is 1. The highest BCUT2D eigenvalue weighted by atomic mass is 16.6. The minimum absolute atomic E-state index is 0.0480. The summed E-state index contributed by atoms with van der Waals surface area (Å²) in [5, 5.41) is 26.1. The summed E-state index contributed by atoms with van der Waals surface area (Å²) in [5.41, 5.74) is 0.533. The third kappa shape index (κ3) is 8.15. The van der Waals surface area contributed by atoms with Gasteiger partial charge in [0.15, 0.2) is 0 Å². The van der Waals surface area contributed by atoms with Gasteiger partial charge < -0.3 is 25.1 Å². The number of aliphatic hydroxyl groups is 1. The van der Waals surface area contributed by atoms with E-state index in [1.165, 1.54) is 43.8 Å². The number of rotatable bonds is 6. The number of amides is 1. The Balaban J connectivity index is 2.11. The number of aliphatic hydroxyl groups excluding tert-OH is 1. The molecule has 0 aromatic heterocycles. The molecule has 0 aliphatic carbocycles. The van der Waals surface area contributed by atoms with Crippen LogP contribution >= 0.6 is 0 Å². The van der Waals surface area contributed by atoms with Gasteiger partial charge in [-0.3, -0.25) is 4.79 Å². The summed E-state index contributed by atoms with van der Waals surface area (Å²) in [7, 11) is 1.39. The second-order valence-electron chi connectivity index (χ2n) is 6.25. The maximum atomic E-state index is 12.7. The first-order valence-corrected chi connectivity index (χ1v) is 9.44. The number of allylic oxidation sites excluding steroid dienone is 3. The van der Waals surface area contributed by atoms with Gasteiger partial charge in [-0.2, -0.15) is 0 Å². The maximum Gasteiger partial charge on any atom is 0.343 e. The summed E-state index contributed by atoms with van der Waals surface area (Å²) in [6, 6.07) is 4.70. The Morgan fingerprint density at radius 3 is 2.94 bits per heavy atom. The van der Waals surface area contributed by atoms with Crippen LogP contribution in [0.2, 0.25) is 0 Å². The molecular weight excluding hydrogens is 400 g/mol. The van der Waals surface area contributed by atoms with Crippen molar-refractivity contribution in [1.82, 2.24) is 5.32 Å². The molecule has 1 amide bonds. The number of fused-ring (bicyclic) bond motifs is 1. The lowest BCUT2D eigenvalue weighted by atomic mass is 10.1. The van der Waals surface area contributed by atoms with Gasteiger partial charge in [0, 0.05) is 18.7 Å². The number of nitrogens with one attached hydrogen (secondary N) is 1. The molecule has 0 saturated carbocycles. The second kappa shape index (κ2) is 12.6. The molecule has 0 spiro atoms. The minimum Gasteiger partial charge on any atom is -0.507 e. The molecule has 31 heavy (non-hydrogen) atoms. The van der Waals surface area contributed by atoms with E-state index >= 15 is 0 Å². The molecule has 1 heterocycles. The number of hydrogen-bond acceptors (Lipinski definition) is 7. The molecule has 162 valence electrons. The fraction of sp³-hybridized carbons (Fsp3) is 0.174. The van der Waals surface area contributed by atoms with Crippen molar-refractivity contribution in [2.75, 3.05) is 7.11 Å². The highest BCUT2D eigenvalue weighted by Gasteiger charge is 2.19. The number of phenols is 1. The zero-order valence-corrected chi connectivity index (χ0v) is 16.9. The van der Waals surface area contributed by atoms with E-state index in [0.29, 0.717) is 5.56 Å². The van der Waals surface area contributed by atoms with Gasteiger partial charge in [-0.1, -0.05) is 53.7 Å². The third-order valence-corrected chi connectivity index (χ3v) is 3.97. The summed E-state index contributed by atoms with van der Waals surface area (Å²) in [6.07, 6.45) is 15.2. The van der Waals surface area contributed by atoms with Crippen molar-refractivity contribution in [1.29, 1.82) is 0 Å². The second-order valence-corrected chi connectivity index (χ2v) is 6.25. The molecule has 0 unspecified atom stereocenters. The van der Waals surface area contributed by atoms with E-state index in [1.54, 1.807) is 48.6 Å². The van der Waals surface area contributed by atoms with Gasteiger partial charge >= 0.3 is 5.97 Å². The molecule has 3 N–H and O–H groups in total. The Morgan fingerprint density at radius 2 is 2.13 bits per heavy atom. The molecule has 0 bridgehead atoms. The van der Waals surface area contributed by atoms with Crippen molar-refractivity contribution in [2.24, 2.45) is 5.16 Å². The minimum atomic E-state index is -0.864. The summed E-state index contributed by atoms with van der Waals surface area (Å²) in [6.45, 7) is 0. The van der Waals surface area contributed by atoms with Crippen LogP contribution in [0.4, 0.5) is 0 Å². The quantitative estimate of drug-likeness (QED) is 0.212. The molecule has 1 aliphatic heterocycles. The van der Waals surface area contributed by atoms with Crippen molar-refractivity contribution >= 4 is 24.2 Å². The Bertz CT molecular complexity index is 943. The van der Waals surface area contributed by atoms with E-state index in [2.05, 4.69) is 15.3 Å². The molecule has 0 radical (unpaired) electrons. The summed E-state index contributed by atoms with van der Waals surface area (Å²) in [5.74, 6) is -1.27. The van der Waals surface area contributed by atoms with Gasteiger partial charge in [-0.25, -0.2) is 4.79 Å². The lowest BCUT2D eigenvalue weighted by molar-refractivity contribution is -0.115. The number of hydrogen-bond donors (Lipinski definition) is 3. The van der Waals surface area contributed by atoms with Gasteiger partial charge in [0.1, 0.15) is 24.5 Å². The first-order chi connectivity index (χ1) is 15.0. The SMILES string of the molecule is CO/N=C/C=C\C(=O)N/C=C/C[C@H]1/C=C/[C@H](O)/C=C\C=C\c2cccc(O)c2C(=O)O1.